The molecule has 1 aliphatic heterocycles. The fraction of sp³-hybridized carbons (Fsp3) is 0.889. The second kappa shape index (κ2) is 3.29. The zero-order valence-electron chi connectivity index (χ0n) is 7.45. The van der Waals surface area contributed by atoms with Crippen LogP contribution in [0.4, 0.5) is 0 Å². The monoisotopic (exact) mass is 185 g/mol. The lowest BCUT2D eigenvalue weighted by molar-refractivity contribution is -0.132. The molecule has 3 heteroatoms. The minimum absolute atomic E-state index is 0.389. The molecule has 1 unspecified atom stereocenters. The van der Waals surface area contributed by atoms with E-state index in [9.17, 15) is 4.79 Å². The van der Waals surface area contributed by atoms with Gasteiger partial charge in [0.2, 0.25) is 5.91 Å². The Kier molecular flexibility index (Phi) is 2.31. The number of hydrogen-bond acceptors (Lipinski definition) is 2. The highest BCUT2D eigenvalue weighted by Gasteiger charge is 2.35. The molecule has 0 N–H and O–H groups in total. The first-order valence-electron chi connectivity index (χ1n) is 4.63. The zero-order chi connectivity index (χ0) is 8.55. The maximum Gasteiger partial charge on any atom is 0.225 e. The summed E-state index contributed by atoms with van der Waals surface area (Å²) in [6.45, 7) is 0. The average molecular weight is 185 g/mol. The third-order valence-corrected chi connectivity index (χ3v) is 3.87. The molecule has 1 heterocycles. The van der Waals surface area contributed by atoms with E-state index in [-0.39, 0.29) is 0 Å². The average Bonchev–Trinajstić information content (AvgIpc) is 2.79. The Morgan fingerprint density at radius 2 is 2.17 bits per heavy atom. The summed E-state index contributed by atoms with van der Waals surface area (Å²) in [6, 6.07) is 0.531. The van der Waals surface area contributed by atoms with Gasteiger partial charge in [-0.1, -0.05) is 0 Å². The Morgan fingerprint density at radius 1 is 1.42 bits per heavy atom. The number of hydrogen-bond donors (Lipinski definition) is 0. The van der Waals surface area contributed by atoms with Gasteiger partial charge in [-0.3, -0.25) is 4.79 Å². The van der Waals surface area contributed by atoms with Gasteiger partial charge in [-0.05, 0) is 25.0 Å². The van der Waals surface area contributed by atoms with E-state index in [1.54, 1.807) is 0 Å². The normalized spacial score (nSPS) is 28.9. The maximum absolute atomic E-state index is 11.6. The number of nitrogens with zero attached hydrogens (tertiary/aromatic N) is 1. The number of carbonyl (C=O) groups is 1. The molecular formula is C9H15NOS. The van der Waals surface area contributed by atoms with E-state index in [2.05, 4.69) is 0 Å². The molecule has 0 aromatic heterocycles. The molecule has 1 saturated heterocycles. The highest BCUT2D eigenvalue weighted by molar-refractivity contribution is 7.99. The molecule has 0 spiro atoms. The van der Waals surface area contributed by atoms with Gasteiger partial charge >= 0.3 is 0 Å². The predicted molar refractivity (Wildman–Crippen MR) is 51.2 cm³/mol. The van der Waals surface area contributed by atoms with Crippen LogP contribution in [0.3, 0.4) is 0 Å². The number of carbonyl (C=O) groups excluding carboxylic acids is 1. The van der Waals surface area contributed by atoms with Crippen LogP contribution in [0.2, 0.25) is 0 Å². The van der Waals surface area contributed by atoms with Crippen LogP contribution >= 0.6 is 11.8 Å². The van der Waals surface area contributed by atoms with Crippen molar-refractivity contribution in [1.29, 1.82) is 0 Å². The van der Waals surface area contributed by atoms with Crippen molar-refractivity contribution < 1.29 is 4.79 Å². The Balaban J connectivity index is 1.88. The SMILES string of the molecule is CN(C(=O)C1CC1)C1CCSC1. The Morgan fingerprint density at radius 3 is 2.67 bits per heavy atom. The number of thioether (sulfide) groups is 1. The van der Waals surface area contributed by atoms with E-state index >= 15 is 0 Å². The van der Waals surface area contributed by atoms with Gasteiger partial charge in [0.15, 0.2) is 0 Å². The molecule has 2 nitrogen and oxygen atoms in total. The van der Waals surface area contributed by atoms with Crippen molar-refractivity contribution in [2.75, 3.05) is 18.6 Å². The summed E-state index contributed by atoms with van der Waals surface area (Å²) in [6.07, 6.45) is 3.45. The van der Waals surface area contributed by atoms with Crippen molar-refractivity contribution in [2.45, 2.75) is 25.3 Å². The molecule has 1 amide bonds. The molecule has 0 aromatic carbocycles. The molecule has 0 radical (unpaired) electrons. The van der Waals surface area contributed by atoms with Crippen LogP contribution in [-0.4, -0.2) is 35.4 Å². The van der Waals surface area contributed by atoms with Crippen LogP contribution in [0, 0.1) is 5.92 Å². The van der Waals surface area contributed by atoms with Crippen LogP contribution in [0.25, 0.3) is 0 Å². The van der Waals surface area contributed by atoms with Gasteiger partial charge in [0, 0.05) is 24.8 Å². The summed E-state index contributed by atoms with van der Waals surface area (Å²) < 4.78 is 0. The van der Waals surface area contributed by atoms with E-state index in [0.29, 0.717) is 17.9 Å². The second-order valence-electron chi connectivity index (χ2n) is 3.74. The Hall–Kier alpha value is -0.180. The van der Waals surface area contributed by atoms with Gasteiger partial charge in [-0.25, -0.2) is 0 Å². The number of amides is 1. The maximum atomic E-state index is 11.6. The molecule has 2 fully saturated rings. The van der Waals surface area contributed by atoms with Gasteiger partial charge < -0.3 is 4.90 Å². The minimum Gasteiger partial charge on any atom is -0.342 e. The van der Waals surface area contributed by atoms with Crippen LogP contribution < -0.4 is 0 Å². The smallest absolute Gasteiger partial charge is 0.225 e. The lowest BCUT2D eigenvalue weighted by Gasteiger charge is -2.23. The molecule has 2 aliphatic rings. The van der Waals surface area contributed by atoms with Gasteiger partial charge in [0.1, 0.15) is 0 Å². The molecule has 1 saturated carbocycles. The van der Waals surface area contributed by atoms with Gasteiger partial charge in [-0.2, -0.15) is 11.8 Å². The Bertz CT molecular complexity index is 185. The molecule has 0 aromatic rings. The largest absolute Gasteiger partial charge is 0.342 e. The third kappa shape index (κ3) is 1.60. The minimum atomic E-state index is 0.389. The van der Waals surface area contributed by atoms with Crippen molar-refractivity contribution in [1.82, 2.24) is 4.90 Å². The fourth-order valence-electron chi connectivity index (χ4n) is 1.63. The first kappa shape index (κ1) is 8.42. The summed E-state index contributed by atoms with van der Waals surface area (Å²) in [4.78, 5) is 13.6. The van der Waals surface area contributed by atoms with Crippen LogP contribution in [0.1, 0.15) is 19.3 Å². The van der Waals surface area contributed by atoms with E-state index in [0.717, 1.165) is 18.6 Å². The molecular weight excluding hydrogens is 170 g/mol. The van der Waals surface area contributed by atoms with E-state index in [1.807, 2.05) is 23.7 Å². The quantitative estimate of drug-likeness (QED) is 0.647. The number of rotatable bonds is 2. The summed E-state index contributed by atoms with van der Waals surface area (Å²) in [7, 11) is 1.97. The molecule has 2 rings (SSSR count). The zero-order valence-corrected chi connectivity index (χ0v) is 8.27. The summed E-state index contributed by atoms with van der Waals surface area (Å²) in [5, 5.41) is 0. The lowest BCUT2D eigenvalue weighted by atomic mass is 10.2. The second-order valence-corrected chi connectivity index (χ2v) is 4.89. The Labute approximate surface area is 77.7 Å². The lowest BCUT2D eigenvalue weighted by Crippen LogP contribution is -2.37. The molecule has 1 aliphatic carbocycles. The highest BCUT2D eigenvalue weighted by Crippen LogP contribution is 2.32. The summed E-state index contributed by atoms with van der Waals surface area (Å²) in [5.74, 6) is 3.16. The first-order chi connectivity index (χ1) is 5.79. The van der Waals surface area contributed by atoms with Gasteiger partial charge in [0.05, 0.1) is 0 Å². The van der Waals surface area contributed by atoms with Crippen molar-refractivity contribution in [3.05, 3.63) is 0 Å². The van der Waals surface area contributed by atoms with Crippen LogP contribution in [0.5, 0.6) is 0 Å². The summed E-state index contributed by atoms with van der Waals surface area (Å²) >= 11 is 1.97. The van der Waals surface area contributed by atoms with Crippen molar-refractivity contribution in [3.8, 4) is 0 Å². The third-order valence-electron chi connectivity index (χ3n) is 2.73. The van der Waals surface area contributed by atoms with Crippen LogP contribution in [-0.2, 0) is 4.79 Å². The predicted octanol–water partition coefficient (Wildman–Crippen LogP) is 1.36. The topological polar surface area (TPSA) is 20.3 Å². The van der Waals surface area contributed by atoms with E-state index in [4.69, 9.17) is 0 Å². The van der Waals surface area contributed by atoms with Gasteiger partial charge in [0.25, 0.3) is 0 Å². The van der Waals surface area contributed by atoms with E-state index < -0.39 is 0 Å². The molecule has 68 valence electrons. The molecule has 12 heavy (non-hydrogen) atoms. The standard InChI is InChI=1S/C9H15NOS/c1-10(8-4-5-12-6-8)9(11)7-2-3-7/h7-8H,2-6H2,1H3. The fourth-order valence-corrected chi connectivity index (χ4v) is 2.89. The van der Waals surface area contributed by atoms with Crippen molar-refractivity contribution >= 4 is 17.7 Å². The molecule has 0 bridgehead atoms. The summed E-state index contributed by atoms with van der Waals surface area (Å²) in [5.41, 5.74) is 0. The van der Waals surface area contributed by atoms with Crippen molar-refractivity contribution in [3.63, 3.8) is 0 Å². The first-order valence-corrected chi connectivity index (χ1v) is 5.79. The van der Waals surface area contributed by atoms with Crippen LogP contribution in [0.15, 0.2) is 0 Å². The van der Waals surface area contributed by atoms with E-state index in [1.165, 1.54) is 12.2 Å². The van der Waals surface area contributed by atoms with Gasteiger partial charge in [-0.15, -0.1) is 0 Å². The van der Waals surface area contributed by atoms with Crippen molar-refractivity contribution in [2.24, 2.45) is 5.92 Å². The molecule has 1 atom stereocenters. The highest BCUT2D eigenvalue weighted by atomic mass is 32.2.